The Morgan fingerprint density at radius 2 is 2.21 bits per heavy atom. The fourth-order valence-corrected chi connectivity index (χ4v) is 1.76. The summed E-state index contributed by atoms with van der Waals surface area (Å²) in [5.41, 5.74) is 0.943. The van der Waals surface area contributed by atoms with Gasteiger partial charge in [0.1, 0.15) is 5.82 Å². The number of hydrogen-bond acceptors (Lipinski definition) is 2. The lowest BCUT2D eigenvalue weighted by molar-refractivity contribution is 0.554. The lowest BCUT2D eigenvalue weighted by atomic mass is 9.99. The van der Waals surface area contributed by atoms with Crippen molar-refractivity contribution in [1.82, 2.24) is 0 Å². The molecule has 0 atom stereocenters. The number of halogens is 1. The molecule has 3 heteroatoms. The van der Waals surface area contributed by atoms with Crippen molar-refractivity contribution in [2.75, 3.05) is 0 Å². The van der Waals surface area contributed by atoms with Gasteiger partial charge in [-0.15, -0.1) is 0 Å². The van der Waals surface area contributed by atoms with E-state index in [4.69, 9.17) is 0 Å². The highest BCUT2D eigenvalue weighted by Crippen LogP contribution is 2.50. The topological polar surface area (TPSA) is 29.4 Å². The summed E-state index contributed by atoms with van der Waals surface area (Å²) in [5.74, 6) is -0.241. The summed E-state index contributed by atoms with van der Waals surface area (Å²) in [4.78, 5) is 14.0. The molecule has 14 heavy (non-hydrogen) atoms. The smallest absolute Gasteiger partial charge is 0.211 e. The van der Waals surface area contributed by atoms with Crippen LogP contribution in [0.4, 0.5) is 4.39 Å². The number of nitrogens with zero attached hydrogens (tertiary/aromatic N) is 1. The zero-order valence-electron chi connectivity index (χ0n) is 7.88. The van der Waals surface area contributed by atoms with Gasteiger partial charge in [0.15, 0.2) is 0 Å². The maximum Gasteiger partial charge on any atom is 0.235 e. The molecular formula is C11H10FNO. The van der Waals surface area contributed by atoms with Crippen LogP contribution in [0.2, 0.25) is 0 Å². The van der Waals surface area contributed by atoms with Gasteiger partial charge in [-0.3, -0.25) is 0 Å². The Kier molecular flexibility index (Phi) is 1.97. The Hall–Kier alpha value is -1.47. The number of carbonyl (C=O) groups excluding carboxylic acids is 1. The van der Waals surface area contributed by atoms with E-state index >= 15 is 0 Å². The van der Waals surface area contributed by atoms with E-state index in [0.717, 1.165) is 18.4 Å². The monoisotopic (exact) mass is 191 g/mol. The molecule has 1 aromatic rings. The van der Waals surface area contributed by atoms with E-state index < -0.39 is 5.54 Å². The summed E-state index contributed by atoms with van der Waals surface area (Å²) in [7, 11) is 0. The molecule has 1 fully saturated rings. The number of aliphatic imine (C=N–C) groups is 1. The van der Waals surface area contributed by atoms with E-state index in [1.807, 2.05) is 6.07 Å². The normalized spacial score (nSPS) is 17.3. The summed E-state index contributed by atoms with van der Waals surface area (Å²) in [6, 6.07) is 4.89. The fraction of sp³-hybridized carbons (Fsp3) is 0.364. The van der Waals surface area contributed by atoms with Crippen LogP contribution in [0.1, 0.15) is 24.0 Å². The first-order valence-corrected chi connectivity index (χ1v) is 4.54. The van der Waals surface area contributed by atoms with Crippen molar-refractivity contribution in [3.8, 4) is 0 Å². The van der Waals surface area contributed by atoms with E-state index in [2.05, 4.69) is 4.99 Å². The second-order valence-corrected chi connectivity index (χ2v) is 3.65. The van der Waals surface area contributed by atoms with E-state index in [0.29, 0.717) is 5.56 Å². The van der Waals surface area contributed by atoms with Gasteiger partial charge in [0.2, 0.25) is 6.08 Å². The molecular weight excluding hydrogens is 181 g/mol. The van der Waals surface area contributed by atoms with Crippen molar-refractivity contribution in [1.29, 1.82) is 0 Å². The van der Waals surface area contributed by atoms with E-state index in [-0.39, 0.29) is 5.82 Å². The summed E-state index contributed by atoms with van der Waals surface area (Å²) in [5, 5.41) is 0. The molecule has 0 amide bonds. The first kappa shape index (κ1) is 9.10. The van der Waals surface area contributed by atoms with Crippen molar-refractivity contribution in [2.24, 2.45) is 4.99 Å². The Bertz CT molecular complexity index is 417. The average molecular weight is 191 g/mol. The van der Waals surface area contributed by atoms with Crippen LogP contribution in [-0.4, -0.2) is 6.08 Å². The molecule has 0 N–H and O–H groups in total. The predicted octanol–water partition coefficient (Wildman–Crippen LogP) is 2.46. The van der Waals surface area contributed by atoms with Crippen molar-refractivity contribution < 1.29 is 9.18 Å². The molecule has 0 saturated heterocycles. The Labute approximate surface area is 81.5 Å². The zero-order chi connectivity index (χ0) is 10.2. The Morgan fingerprint density at radius 3 is 2.79 bits per heavy atom. The lowest BCUT2D eigenvalue weighted by Gasteiger charge is -2.11. The molecule has 0 bridgehead atoms. The lowest BCUT2D eigenvalue weighted by Crippen LogP contribution is -2.05. The molecule has 0 spiro atoms. The third kappa shape index (κ3) is 1.26. The third-order valence-corrected chi connectivity index (χ3v) is 2.75. The molecule has 0 heterocycles. The maximum absolute atomic E-state index is 13.2. The number of rotatable bonds is 2. The molecule has 1 saturated carbocycles. The SMILES string of the molecule is Cc1c(F)cccc1C1(N=C=O)CC1. The standard InChI is InChI=1S/C11H10FNO/c1-8-9(3-2-4-10(8)12)11(5-6-11)13-7-14/h2-4H,5-6H2,1H3. The van der Waals surface area contributed by atoms with Gasteiger partial charge < -0.3 is 0 Å². The molecule has 1 aliphatic carbocycles. The highest BCUT2D eigenvalue weighted by molar-refractivity contribution is 5.44. The predicted molar refractivity (Wildman–Crippen MR) is 50.2 cm³/mol. The molecule has 2 rings (SSSR count). The maximum atomic E-state index is 13.2. The molecule has 2 nitrogen and oxygen atoms in total. The minimum Gasteiger partial charge on any atom is -0.211 e. The van der Waals surface area contributed by atoms with Crippen molar-refractivity contribution in [3.05, 3.63) is 35.1 Å². The van der Waals surface area contributed by atoms with Gasteiger partial charge >= 0.3 is 0 Å². The molecule has 72 valence electrons. The van der Waals surface area contributed by atoms with Crippen LogP contribution in [0.3, 0.4) is 0 Å². The highest BCUT2D eigenvalue weighted by atomic mass is 19.1. The largest absolute Gasteiger partial charge is 0.235 e. The van der Waals surface area contributed by atoms with Gasteiger partial charge in [0, 0.05) is 0 Å². The minimum absolute atomic E-state index is 0.241. The Morgan fingerprint density at radius 1 is 1.50 bits per heavy atom. The van der Waals surface area contributed by atoms with Crippen LogP contribution in [0.15, 0.2) is 23.2 Å². The van der Waals surface area contributed by atoms with Gasteiger partial charge in [0.25, 0.3) is 0 Å². The van der Waals surface area contributed by atoms with Gasteiger partial charge in [-0.05, 0) is 37.0 Å². The average Bonchev–Trinajstić information content (AvgIpc) is 2.91. The minimum atomic E-state index is -0.464. The van der Waals surface area contributed by atoms with E-state index in [1.54, 1.807) is 19.1 Å². The van der Waals surface area contributed by atoms with E-state index in [1.165, 1.54) is 6.07 Å². The third-order valence-electron chi connectivity index (χ3n) is 2.75. The van der Waals surface area contributed by atoms with Crippen molar-refractivity contribution in [3.63, 3.8) is 0 Å². The number of hydrogen-bond donors (Lipinski definition) is 0. The summed E-state index contributed by atoms with van der Waals surface area (Å²) >= 11 is 0. The Balaban J connectivity index is 2.52. The molecule has 0 aliphatic heterocycles. The second kappa shape index (κ2) is 3.03. The number of isocyanates is 1. The summed E-state index contributed by atoms with van der Waals surface area (Å²) in [6.45, 7) is 1.71. The van der Waals surface area contributed by atoms with Crippen LogP contribution in [0, 0.1) is 12.7 Å². The van der Waals surface area contributed by atoms with Crippen LogP contribution < -0.4 is 0 Å². The van der Waals surface area contributed by atoms with Crippen LogP contribution in [-0.2, 0) is 10.3 Å². The first-order chi connectivity index (χ1) is 6.69. The van der Waals surface area contributed by atoms with Gasteiger partial charge in [-0.2, -0.15) is 4.99 Å². The van der Waals surface area contributed by atoms with Crippen molar-refractivity contribution in [2.45, 2.75) is 25.3 Å². The molecule has 0 aromatic heterocycles. The first-order valence-electron chi connectivity index (χ1n) is 4.54. The summed E-state index contributed by atoms with van der Waals surface area (Å²) in [6.07, 6.45) is 3.19. The molecule has 0 radical (unpaired) electrons. The molecule has 1 aromatic carbocycles. The summed E-state index contributed by atoms with van der Waals surface area (Å²) < 4.78 is 13.2. The quantitative estimate of drug-likeness (QED) is 0.521. The van der Waals surface area contributed by atoms with Crippen molar-refractivity contribution >= 4 is 6.08 Å². The van der Waals surface area contributed by atoms with Crippen LogP contribution in [0.5, 0.6) is 0 Å². The fourth-order valence-electron chi connectivity index (χ4n) is 1.76. The van der Waals surface area contributed by atoms with Crippen LogP contribution in [0.25, 0.3) is 0 Å². The second-order valence-electron chi connectivity index (χ2n) is 3.65. The van der Waals surface area contributed by atoms with Gasteiger partial charge in [-0.25, -0.2) is 9.18 Å². The zero-order valence-corrected chi connectivity index (χ0v) is 7.88. The highest BCUT2D eigenvalue weighted by Gasteiger charge is 2.45. The number of benzene rings is 1. The molecule has 0 unspecified atom stereocenters. The van der Waals surface area contributed by atoms with Gasteiger partial charge in [0.05, 0.1) is 5.54 Å². The van der Waals surface area contributed by atoms with E-state index in [9.17, 15) is 9.18 Å². The van der Waals surface area contributed by atoms with Crippen LogP contribution >= 0.6 is 0 Å². The molecule has 1 aliphatic rings. The van der Waals surface area contributed by atoms with Gasteiger partial charge in [-0.1, -0.05) is 12.1 Å².